The minimum absolute atomic E-state index is 0.186. The van der Waals surface area contributed by atoms with Gasteiger partial charge in [-0.25, -0.2) is 0 Å². The van der Waals surface area contributed by atoms with Crippen molar-refractivity contribution in [2.75, 3.05) is 19.8 Å². The van der Waals surface area contributed by atoms with Gasteiger partial charge < -0.3 is 20.4 Å². The molecule has 4 N–H and O–H groups in total. The van der Waals surface area contributed by atoms with Crippen LogP contribution in [0, 0.1) is 0 Å². The van der Waals surface area contributed by atoms with Crippen LogP contribution in [0.3, 0.4) is 0 Å². The molecule has 5 atom stereocenters. The summed E-state index contributed by atoms with van der Waals surface area (Å²) >= 11 is 12.8. The molecule has 0 aromatic rings. The van der Waals surface area contributed by atoms with Gasteiger partial charge in [0.05, 0.1) is 39.1 Å². The highest BCUT2D eigenvalue weighted by Gasteiger charge is 2.49. The van der Waals surface area contributed by atoms with Crippen LogP contribution in [0.5, 0.6) is 0 Å². The molecule has 0 rings (SSSR count). The minimum Gasteiger partial charge on any atom is -0.395 e. The molecule has 4 nitrogen and oxygen atoms in total. The van der Waals surface area contributed by atoms with Gasteiger partial charge in [0.15, 0.2) is 0 Å². The van der Waals surface area contributed by atoms with Gasteiger partial charge in [-0.05, 0) is 0 Å². The molecular formula is C8H14Br4O4. The Morgan fingerprint density at radius 3 is 1.44 bits per heavy atom. The molecule has 16 heavy (non-hydrogen) atoms. The second kappa shape index (κ2) is 8.04. The Bertz CT molecular complexity index is 196. The van der Waals surface area contributed by atoms with E-state index in [2.05, 4.69) is 63.7 Å². The highest BCUT2D eigenvalue weighted by Crippen LogP contribution is 2.37. The molecule has 0 aromatic heterocycles. The Balaban J connectivity index is 5.06. The fourth-order valence-electron chi connectivity index (χ4n) is 1.22. The van der Waals surface area contributed by atoms with Crippen LogP contribution in [0.1, 0.15) is 0 Å². The van der Waals surface area contributed by atoms with E-state index >= 15 is 0 Å². The van der Waals surface area contributed by atoms with E-state index in [0.717, 1.165) is 0 Å². The van der Waals surface area contributed by atoms with E-state index in [1.54, 1.807) is 0 Å². The molecule has 0 saturated carbocycles. The molecule has 0 amide bonds. The van der Waals surface area contributed by atoms with Crippen LogP contribution in [0.2, 0.25) is 0 Å². The Hall–Kier alpha value is 1.76. The van der Waals surface area contributed by atoms with Crippen LogP contribution in [-0.2, 0) is 0 Å². The molecule has 0 aliphatic carbocycles. The third kappa shape index (κ3) is 3.88. The number of halogens is 4. The van der Waals surface area contributed by atoms with Crippen molar-refractivity contribution in [3.05, 3.63) is 0 Å². The summed E-state index contributed by atoms with van der Waals surface area (Å²) in [6.07, 6.45) is 0. The highest BCUT2D eigenvalue weighted by atomic mass is 79.9. The van der Waals surface area contributed by atoms with Crippen molar-refractivity contribution in [1.82, 2.24) is 0 Å². The zero-order chi connectivity index (χ0) is 12.9. The van der Waals surface area contributed by atoms with Crippen molar-refractivity contribution in [2.24, 2.45) is 0 Å². The van der Waals surface area contributed by atoms with E-state index in [4.69, 9.17) is 15.3 Å². The topological polar surface area (TPSA) is 80.9 Å². The lowest BCUT2D eigenvalue weighted by atomic mass is 10.5. The van der Waals surface area contributed by atoms with Gasteiger partial charge in [0.25, 0.3) is 0 Å². The SMILES string of the molecule is OCC(Br)[13C](O)([13CH](Br)[13CH2]O)[13CH](Br)[13CH](Br)[13CH2]O. The first-order valence-electron chi connectivity index (χ1n) is 4.47. The van der Waals surface area contributed by atoms with Crippen molar-refractivity contribution in [3.63, 3.8) is 0 Å². The van der Waals surface area contributed by atoms with Crippen molar-refractivity contribution in [1.29, 1.82) is 0 Å². The highest BCUT2D eigenvalue weighted by molar-refractivity contribution is 9.12. The summed E-state index contributed by atoms with van der Waals surface area (Å²) in [5, 5.41) is 37.8. The van der Waals surface area contributed by atoms with Gasteiger partial charge in [-0.15, -0.1) is 0 Å². The minimum atomic E-state index is -1.46. The molecule has 0 aromatic carbocycles. The molecule has 0 fully saturated rings. The number of rotatable bonds is 7. The summed E-state index contributed by atoms with van der Waals surface area (Å²) in [6, 6.07) is 0. The second-order valence-corrected chi connectivity index (χ2v) is 7.66. The average molecular weight is 500 g/mol. The first kappa shape index (κ1) is 17.8. The molecule has 8 heteroatoms. The molecule has 0 heterocycles. The third-order valence-electron chi connectivity index (χ3n) is 2.26. The van der Waals surface area contributed by atoms with Crippen molar-refractivity contribution >= 4 is 63.7 Å². The van der Waals surface area contributed by atoms with Gasteiger partial charge in [0.2, 0.25) is 0 Å². The molecule has 0 bridgehead atoms. The Morgan fingerprint density at radius 2 is 1.19 bits per heavy atom. The number of alkyl halides is 4. The largest absolute Gasteiger partial charge is 0.395 e. The summed E-state index contributed by atoms with van der Waals surface area (Å²) in [6.45, 7) is -0.785. The van der Waals surface area contributed by atoms with Gasteiger partial charge in [0.1, 0.15) is 5.60 Å². The lowest BCUT2D eigenvalue weighted by Crippen LogP contribution is -2.59. The van der Waals surface area contributed by atoms with Gasteiger partial charge in [0, 0.05) is 0 Å². The predicted octanol–water partition coefficient (Wildman–Crippen LogP) is 0.748. The fourth-order valence-corrected chi connectivity index (χ4v) is 4.72. The fraction of sp³-hybridized carbons (Fsp3) is 1.00. The third-order valence-corrected chi connectivity index (χ3v) is 7.20. The average Bonchev–Trinajstić information content (AvgIpc) is 2.33. The normalized spacial score (nSPS) is 23.2. The van der Waals surface area contributed by atoms with Crippen molar-refractivity contribution in [2.45, 2.75) is 24.9 Å². The summed E-state index contributed by atoms with van der Waals surface area (Å²) in [5.74, 6) is 0. The van der Waals surface area contributed by atoms with E-state index in [1.165, 1.54) is 0 Å². The zero-order valence-corrected chi connectivity index (χ0v) is 14.6. The van der Waals surface area contributed by atoms with E-state index in [0.29, 0.717) is 0 Å². The summed E-state index contributed by atoms with van der Waals surface area (Å²) in [5.41, 5.74) is -1.46. The van der Waals surface area contributed by atoms with E-state index in [-0.39, 0.29) is 19.8 Å². The molecule has 0 spiro atoms. The molecular weight excluding hydrogens is 486 g/mol. The van der Waals surface area contributed by atoms with Crippen LogP contribution in [0.4, 0.5) is 0 Å². The maximum absolute atomic E-state index is 10.5. The lowest BCUT2D eigenvalue weighted by molar-refractivity contribution is 0.00848. The van der Waals surface area contributed by atoms with Gasteiger partial charge in [-0.3, -0.25) is 0 Å². The first-order chi connectivity index (χ1) is 7.35. The van der Waals surface area contributed by atoms with Crippen LogP contribution in [0.25, 0.3) is 0 Å². The van der Waals surface area contributed by atoms with E-state index < -0.39 is 24.9 Å². The number of hydrogen-bond acceptors (Lipinski definition) is 4. The molecule has 0 aliphatic rings. The quantitative estimate of drug-likeness (QED) is 0.308. The number of hydrogen-bond donors (Lipinski definition) is 4. The standard InChI is InChI=1S/C8H14Br4O4/c9-4(1-13)7(12)8(16,5(10)2-14)6(11)3-15/h4-7,13-16H,1-3H2/i1+1,2+1,4+1,5+1,7+1,8+1. The molecule has 5 unspecified atom stereocenters. The van der Waals surface area contributed by atoms with E-state index in [9.17, 15) is 5.11 Å². The van der Waals surface area contributed by atoms with E-state index in [1.807, 2.05) is 0 Å². The van der Waals surface area contributed by atoms with Crippen LogP contribution in [0.15, 0.2) is 0 Å². The first-order valence-corrected chi connectivity index (χ1v) is 8.13. The van der Waals surface area contributed by atoms with Crippen LogP contribution >= 0.6 is 63.7 Å². The molecule has 0 radical (unpaired) electrons. The summed E-state index contributed by atoms with van der Waals surface area (Å²) in [4.78, 5) is -2.26. The van der Waals surface area contributed by atoms with Crippen LogP contribution < -0.4 is 0 Å². The Labute approximate surface area is 128 Å². The maximum Gasteiger partial charge on any atom is 0.108 e. The maximum atomic E-state index is 10.5. The predicted molar refractivity (Wildman–Crippen MR) is 77.1 cm³/mol. The lowest BCUT2D eigenvalue weighted by Gasteiger charge is -2.41. The van der Waals surface area contributed by atoms with Gasteiger partial charge in [-0.2, -0.15) is 0 Å². The monoisotopic (exact) mass is 496 g/mol. The van der Waals surface area contributed by atoms with Crippen molar-refractivity contribution in [3.8, 4) is 0 Å². The number of aliphatic hydroxyl groups is 4. The molecule has 0 aliphatic heterocycles. The Morgan fingerprint density at radius 1 is 0.812 bits per heavy atom. The van der Waals surface area contributed by atoms with Crippen LogP contribution in [-0.4, -0.2) is 65.2 Å². The molecule has 98 valence electrons. The Kier molecular flexibility index (Phi) is 8.92. The summed E-state index contributed by atoms with van der Waals surface area (Å²) < 4.78 is 0. The molecule has 0 saturated heterocycles. The van der Waals surface area contributed by atoms with Gasteiger partial charge in [-0.1, -0.05) is 63.7 Å². The van der Waals surface area contributed by atoms with Crippen molar-refractivity contribution < 1.29 is 20.4 Å². The van der Waals surface area contributed by atoms with Gasteiger partial charge >= 0.3 is 0 Å². The summed E-state index contributed by atoms with van der Waals surface area (Å²) in [7, 11) is 0. The zero-order valence-electron chi connectivity index (χ0n) is 8.23. The smallest absolute Gasteiger partial charge is 0.108 e. The second-order valence-electron chi connectivity index (χ2n) is 3.29. The number of aliphatic hydroxyl groups excluding tert-OH is 3.